The first-order valence-electron chi connectivity index (χ1n) is 8.99. The highest BCUT2D eigenvalue weighted by molar-refractivity contribution is 6.27. The summed E-state index contributed by atoms with van der Waals surface area (Å²) in [6.07, 6.45) is 10.8. The fourth-order valence-corrected chi connectivity index (χ4v) is 3.28. The third-order valence-electron chi connectivity index (χ3n) is 4.57. The van der Waals surface area contributed by atoms with E-state index in [-0.39, 0.29) is 5.91 Å². The molecule has 0 aromatic carbocycles. The zero-order valence-corrected chi connectivity index (χ0v) is 14.8. The Morgan fingerprint density at radius 3 is 2.23 bits per heavy atom. The number of amides is 1. The Bertz CT molecular complexity index is 606. The average molecular weight is 366 g/mol. The minimum Gasteiger partial charge on any atom is -0.473 e. The molecular formula is C17H26N4O5. The Hall–Kier alpha value is -2.42. The molecule has 9 nitrogen and oxygen atoms in total. The summed E-state index contributed by atoms with van der Waals surface area (Å²) in [6.45, 7) is 2.59. The standard InChI is InChI=1S/C15H24N4O.C2H2O4/c20-15(12-18-9-4-5-10-18)16-14-8-11-19(17-14)13-6-2-1-3-7-13;3-1(4)2(5)6/h8,11,13H,1-7,9-10,12H2,(H,16,17,20);(H,3,4)(H,5,6). The van der Waals surface area contributed by atoms with Crippen LogP contribution >= 0.6 is 0 Å². The topological polar surface area (TPSA) is 125 Å². The number of likely N-dealkylation sites (tertiary alicyclic amines) is 1. The molecule has 0 atom stereocenters. The van der Waals surface area contributed by atoms with Crippen molar-refractivity contribution in [3.8, 4) is 0 Å². The minimum absolute atomic E-state index is 0.0563. The van der Waals surface area contributed by atoms with Gasteiger partial charge in [-0.1, -0.05) is 19.3 Å². The zero-order chi connectivity index (χ0) is 18.9. The van der Waals surface area contributed by atoms with Crippen LogP contribution in [0.4, 0.5) is 5.82 Å². The van der Waals surface area contributed by atoms with Crippen LogP contribution in [0.1, 0.15) is 51.0 Å². The van der Waals surface area contributed by atoms with E-state index in [0.29, 0.717) is 18.4 Å². The highest BCUT2D eigenvalue weighted by Gasteiger charge is 2.18. The molecule has 0 unspecified atom stereocenters. The van der Waals surface area contributed by atoms with Crippen LogP contribution < -0.4 is 5.32 Å². The van der Waals surface area contributed by atoms with Gasteiger partial charge in [0.15, 0.2) is 5.82 Å². The van der Waals surface area contributed by atoms with Crippen LogP contribution in [0.25, 0.3) is 0 Å². The molecule has 1 aliphatic carbocycles. The van der Waals surface area contributed by atoms with Crippen LogP contribution in [0.5, 0.6) is 0 Å². The lowest BCUT2D eigenvalue weighted by Gasteiger charge is -2.21. The number of aromatic nitrogens is 2. The Balaban J connectivity index is 0.000000352. The largest absolute Gasteiger partial charge is 0.473 e. The van der Waals surface area contributed by atoms with Crippen molar-refractivity contribution < 1.29 is 24.6 Å². The fraction of sp³-hybridized carbons (Fsp3) is 0.647. The average Bonchev–Trinajstić information content (AvgIpc) is 3.28. The van der Waals surface area contributed by atoms with Gasteiger partial charge in [0.05, 0.1) is 12.6 Å². The van der Waals surface area contributed by atoms with Crippen LogP contribution in [0.3, 0.4) is 0 Å². The SMILES string of the molecule is O=C(CN1CCCC1)Nc1ccn(C2CCCCC2)n1.O=C(O)C(=O)O. The van der Waals surface area contributed by atoms with Crippen molar-refractivity contribution in [2.45, 2.75) is 51.0 Å². The molecule has 1 saturated carbocycles. The third kappa shape index (κ3) is 6.47. The number of carbonyl (C=O) groups excluding carboxylic acids is 1. The van der Waals surface area contributed by atoms with Crippen LogP contribution in [0, 0.1) is 0 Å². The van der Waals surface area contributed by atoms with Crippen molar-refractivity contribution in [2.75, 3.05) is 25.0 Å². The molecule has 3 rings (SSSR count). The van der Waals surface area contributed by atoms with Gasteiger partial charge in [0, 0.05) is 12.3 Å². The summed E-state index contributed by atoms with van der Waals surface area (Å²) < 4.78 is 2.03. The van der Waals surface area contributed by atoms with Crippen LogP contribution in [0.15, 0.2) is 12.3 Å². The molecule has 3 N–H and O–H groups in total. The van der Waals surface area contributed by atoms with Gasteiger partial charge in [-0.25, -0.2) is 9.59 Å². The summed E-state index contributed by atoms with van der Waals surface area (Å²) in [4.78, 5) is 32.4. The van der Waals surface area contributed by atoms with E-state index in [1.165, 1.54) is 44.9 Å². The number of carboxylic acids is 2. The first-order valence-corrected chi connectivity index (χ1v) is 8.99. The molecule has 1 amide bonds. The Morgan fingerprint density at radius 1 is 1.04 bits per heavy atom. The second kappa shape index (κ2) is 9.91. The van der Waals surface area contributed by atoms with Crippen molar-refractivity contribution in [1.82, 2.24) is 14.7 Å². The van der Waals surface area contributed by atoms with E-state index in [1.54, 1.807) is 0 Å². The molecule has 0 radical (unpaired) electrons. The molecule has 1 aliphatic heterocycles. The predicted octanol–water partition coefficient (Wildman–Crippen LogP) is 1.58. The van der Waals surface area contributed by atoms with Crippen LogP contribution in [-0.4, -0.2) is 62.4 Å². The summed E-state index contributed by atoms with van der Waals surface area (Å²) in [5.41, 5.74) is 0. The number of aliphatic carboxylic acids is 2. The molecule has 2 heterocycles. The van der Waals surface area contributed by atoms with Gasteiger partial charge in [-0.2, -0.15) is 5.10 Å². The first-order chi connectivity index (χ1) is 12.5. The van der Waals surface area contributed by atoms with Crippen molar-refractivity contribution >= 4 is 23.7 Å². The van der Waals surface area contributed by atoms with Gasteiger partial charge in [0.1, 0.15) is 0 Å². The lowest BCUT2D eigenvalue weighted by atomic mass is 9.96. The molecule has 1 saturated heterocycles. The number of hydrogen-bond acceptors (Lipinski definition) is 5. The zero-order valence-electron chi connectivity index (χ0n) is 14.8. The number of carboxylic acid groups (broad SMARTS) is 2. The van der Waals surface area contributed by atoms with Crippen LogP contribution in [-0.2, 0) is 14.4 Å². The van der Waals surface area contributed by atoms with E-state index in [0.717, 1.165) is 13.1 Å². The molecule has 2 fully saturated rings. The van der Waals surface area contributed by atoms with Gasteiger partial charge in [0.2, 0.25) is 5.91 Å². The Morgan fingerprint density at radius 2 is 1.65 bits per heavy atom. The summed E-state index contributed by atoms with van der Waals surface area (Å²) >= 11 is 0. The number of nitrogens with one attached hydrogen (secondary N) is 1. The molecule has 1 aromatic heterocycles. The quantitative estimate of drug-likeness (QED) is 0.691. The van der Waals surface area contributed by atoms with Crippen LogP contribution in [0.2, 0.25) is 0 Å². The maximum absolute atomic E-state index is 12.0. The van der Waals surface area contributed by atoms with Crippen molar-refractivity contribution in [2.24, 2.45) is 0 Å². The number of anilines is 1. The molecular weight excluding hydrogens is 340 g/mol. The maximum atomic E-state index is 12.0. The molecule has 1 aromatic rings. The maximum Gasteiger partial charge on any atom is 0.414 e. The molecule has 144 valence electrons. The van der Waals surface area contributed by atoms with Crippen molar-refractivity contribution in [3.63, 3.8) is 0 Å². The highest BCUT2D eigenvalue weighted by atomic mass is 16.4. The van der Waals surface area contributed by atoms with E-state index in [1.807, 2.05) is 16.9 Å². The van der Waals surface area contributed by atoms with E-state index in [4.69, 9.17) is 19.8 Å². The number of carbonyl (C=O) groups is 3. The summed E-state index contributed by atoms with van der Waals surface area (Å²) in [6, 6.07) is 2.43. The normalized spacial score (nSPS) is 18.0. The molecule has 0 bridgehead atoms. The third-order valence-corrected chi connectivity index (χ3v) is 4.57. The lowest BCUT2D eigenvalue weighted by molar-refractivity contribution is -0.159. The van der Waals surface area contributed by atoms with Gasteiger partial charge in [-0.15, -0.1) is 0 Å². The highest BCUT2D eigenvalue weighted by Crippen LogP contribution is 2.27. The second-order valence-corrected chi connectivity index (χ2v) is 6.61. The summed E-state index contributed by atoms with van der Waals surface area (Å²) in [5, 5.41) is 22.2. The van der Waals surface area contributed by atoms with Gasteiger partial charge in [-0.05, 0) is 38.8 Å². The second-order valence-electron chi connectivity index (χ2n) is 6.61. The van der Waals surface area contributed by atoms with Gasteiger partial charge < -0.3 is 15.5 Å². The van der Waals surface area contributed by atoms with Gasteiger partial charge in [0.25, 0.3) is 0 Å². The molecule has 26 heavy (non-hydrogen) atoms. The van der Waals surface area contributed by atoms with Gasteiger partial charge in [-0.3, -0.25) is 14.4 Å². The Labute approximate surface area is 152 Å². The predicted molar refractivity (Wildman–Crippen MR) is 93.9 cm³/mol. The lowest BCUT2D eigenvalue weighted by Crippen LogP contribution is -2.31. The smallest absolute Gasteiger partial charge is 0.414 e. The fourth-order valence-electron chi connectivity index (χ4n) is 3.28. The molecule has 9 heteroatoms. The Kier molecular flexibility index (Phi) is 7.58. The summed E-state index contributed by atoms with van der Waals surface area (Å²) in [7, 11) is 0. The number of hydrogen-bond donors (Lipinski definition) is 3. The van der Waals surface area contributed by atoms with Crippen molar-refractivity contribution in [1.29, 1.82) is 0 Å². The summed E-state index contributed by atoms with van der Waals surface area (Å²) in [5.74, 6) is -2.90. The number of rotatable bonds is 4. The molecule has 2 aliphatic rings. The van der Waals surface area contributed by atoms with E-state index >= 15 is 0 Å². The number of nitrogens with zero attached hydrogens (tertiary/aromatic N) is 3. The van der Waals surface area contributed by atoms with E-state index in [9.17, 15) is 4.79 Å². The van der Waals surface area contributed by atoms with Crippen molar-refractivity contribution in [3.05, 3.63) is 12.3 Å². The van der Waals surface area contributed by atoms with Gasteiger partial charge >= 0.3 is 11.9 Å². The van der Waals surface area contributed by atoms with E-state index in [2.05, 4.69) is 15.3 Å². The monoisotopic (exact) mass is 366 g/mol. The molecule has 0 spiro atoms. The first kappa shape index (κ1) is 19.9. The van der Waals surface area contributed by atoms with E-state index < -0.39 is 11.9 Å². The minimum atomic E-state index is -1.82.